The van der Waals surface area contributed by atoms with Crippen LogP contribution in [-0.2, 0) is 20.8 Å². The van der Waals surface area contributed by atoms with Crippen LogP contribution in [0.4, 0.5) is 4.79 Å². The predicted octanol–water partition coefficient (Wildman–Crippen LogP) is 3.25. The molecule has 2 aromatic rings. The van der Waals surface area contributed by atoms with Gasteiger partial charge in [-0.25, -0.2) is 9.59 Å². The van der Waals surface area contributed by atoms with Crippen molar-refractivity contribution in [1.82, 2.24) is 9.80 Å². The van der Waals surface area contributed by atoms with E-state index in [-0.39, 0.29) is 25.9 Å². The maximum Gasteiger partial charge on any atom is 0.508 e. The van der Waals surface area contributed by atoms with E-state index in [0.717, 1.165) is 43.1 Å². The van der Waals surface area contributed by atoms with Gasteiger partial charge in [-0.05, 0) is 43.3 Å². The van der Waals surface area contributed by atoms with Crippen LogP contribution in [0.2, 0.25) is 0 Å². The van der Waals surface area contributed by atoms with Crippen LogP contribution in [0.3, 0.4) is 0 Å². The monoisotopic (exact) mass is 454 g/mol. The topological polar surface area (TPSA) is 77.5 Å². The van der Waals surface area contributed by atoms with E-state index >= 15 is 0 Å². The highest BCUT2D eigenvalue weighted by Gasteiger charge is 2.32. The third-order valence-electron chi connectivity index (χ3n) is 5.97. The third kappa shape index (κ3) is 5.46. The van der Waals surface area contributed by atoms with Gasteiger partial charge in [0.1, 0.15) is 25.6 Å². The molecule has 0 N–H and O–H groups in total. The Bertz CT molecular complexity index is 987. The molecule has 8 nitrogen and oxygen atoms in total. The number of hydrogen-bond acceptors (Lipinski definition) is 8. The lowest BCUT2D eigenvalue weighted by atomic mass is 9.92. The lowest BCUT2D eigenvalue weighted by Crippen LogP contribution is -2.46. The molecular formula is C25H30N2O6. The van der Waals surface area contributed by atoms with Crippen molar-refractivity contribution in [3.8, 4) is 5.75 Å². The molecule has 1 fully saturated rings. The molecule has 0 radical (unpaired) electrons. The highest BCUT2D eigenvalue weighted by molar-refractivity contribution is 5.90. The Kier molecular flexibility index (Phi) is 7.47. The Morgan fingerprint density at radius 3 is 2.52 bits per heavy atom. The Morgan fingerprint density at radius 1 is 0.970 bits per heavy atom. The molecule has 176 valence electrons. The first kappa shape index (κ1) is 23.1. The summed E-state index contributed by atoms with van der Waals surface area (Å²) in [5, 5.41) is 0. The summed E-state index contributed by atoms with van der Waals surface area (Å²) in [5.74, 6) is 0.303. The molecule has 2 aliphatic rings. The molecule has 0 aromatic heterocycles. The molecule has 2 aliphatic heterocycles. The lowest BCUT2D eigenvalue weighted by molar-refractivity contribution is 0.0243. The normalized spacial score (nSPS) is 18.3. The molecule has 2 heterocycles. The zero-order valence-electron chi connectivity index (χ0n) is 19.1. The van der Waals surface area contributed by atoms with Gasteiger partial charge in [-0.1, -0.05) is 24.3 Å². The van der Waals surface area contributed by atoms with E-state index in [1.165, 1.54) is 5.56 Å². The quantitative estimate of drug-likeness (QED) is 0.486. The molecule has 0 aliphatic carbocycles. The third-order valence-corrected chi connectivity index (χ3v) is 5.97. The Balaban J connectivity index is 1.55. The van der Waals surface area contributed by atoms with E-state index < -0.39 is 12.1 Å². The summed E-state index contributed by atoms with van der Waals surface area (Å²) in [6.07, 6.45) is -0.774. The van der Waals surface area contributed by atoms with Crippen molar-refractivity contribution in [3.63, 3.8) is 0 Å². The number of carbonyl (C=O) groups excluding carboxylic acids is 2. The van der Waals surface area contributed by atoms with Crippen molar-refractivity contribution >= 4 is 12.1 Å². The summed E-state index contributed by atoms with van der Waals surface area (Å²) in [5.41, 5.74) is 3.75. The fraction of sp³-hybridized carbons (Fsp3) is 0.440. The van der Waals surface area contributed by atoms with Gasteiger partial charge in [-0.15, -0.1) is 0 Å². The minimum absolute atomic E-state index is 0.00713. The van der Waals surface area contributed by atoms with Crippen LogP contribution in [0.5, 0.6) is 5.75 Å². The zero-order valence-corrected chi connectivity index (χ0v) is 19.1. The second-order valence-corrected chi connectivity index (χ2v) is 8.15. The van der Waals surface area contributed by atoms with Gasteiger partial charge < -0.3 is 23.8 Å². The van der Waals surface area contributed by atoms with Crippen LogP contribution in [-0.4, -0.2) is 75.0 Å². The summed E-state index contributed by atoms with van der Waals surface area (Å²) < 4.78 is 21.0. The van der Waals surface area contributed by atoms with Crippen LogP contribution in [0, 0.1) is 0 Å². The summed E-state index contributed by atoms with van der Waals surface area (Å²) in [6, 6.07) is 13.7. The van der Waals surface area contributed by atoms with Crippen molar-refractivity contribution in [2.75, 3.05) is 53.0 Å². The number of esters is 1. The number of carbonyl (C=O) groups is 2. The van der Waals surface area contributed by atoms with E-state index in [4.69, 9.17) is 14.2 Å². The molecule has 1 saturated heterocycles. The molecule has 0 amide bonds. The number of rotatable bonds is 6. The largest absolute Gasteiger partial charge is 0.508 e. The average Bonchev–Trinajstić information content (AvgIpc) is 2.99. The van der Waals surface area contributed by atoms with Crippen LogP contribution in [0.15, 0.2) is 42.5 Å². The maximum absolute atomic E-state index is 12.7. The van der Waals surface area contributed by atoms with Gasteiger partial charge >= 0.3 is 12.1 Å². The Morgan fingerprint density at radius 2 is 1.73 bits per heavy atom. The van der Waals surface area contributed by atoms with Gasteiger partial charge in [0.15, 0.2) is 0 Å². The molecule has 1 atom stereocenters. The lowest BCUT2D eigenvalue weighted by Gasteiger charge is -2.38. The van der Waals surface area contributed by atoms with Crippen LogP contribution in [0.25, 0.3) is 0 Å². The van der Waals surface area contributed by atoms with Crippen molar-refractivity contribution < 1.29 is 28.5 Å². The van der Waals surface area contributed by atoms with Crippen LogP contribution in [0.1, 0.15) is 40.0 Å². The molecular weight excluding hydrogens is 424 g/mol. The molecule has 1 unspecified atom stereocenters. The predicted molar refractivity (Wildman–Crippen MR) is 121 cm³/mol. The van der Waals surface area contributed by atoms with E-state index in [1.807, 2.05) is 18.2 Å². The van der Waals surface area contributed by atoms with Gasteiger partial charge in [0, 0.05) is 31.7 Å². The first-order valence-corrected chi connectivity index (χ1v) is 11.3. The van der Waals surface area contributed by atoms with Gasteiger partial charge in [0.25, 0.3) is 0 Å². The van der Waals surface area contributed by atoms with Crippen molar-refractivity contribution in [2.45, 2.75) is 19.6 Å². The number of likely N-dealkylation sites (N-methyl/N-ethyl adjacent to an activating group) is 1. The molecule has 4 rings (SSSR count). The smallest absolute Gasteiger partial charge is 0.489 e. The molecule has 8 heteroatoms. The van der Waals surface area contributed by atoms with Crippen molar-refractivity contribution in [2.24, 2.45) is 0 Å². The Hall–Kier alpha value is -3.10. The van der Waals surface area contributed by atoms with E-state index in [1.54, 1.807) is 13.0 Å². The fourth-order valence-corrected chi connectivity index (χ4v) is 4.25. The summed E-state index contributed by atoms with van der Waals surface area (Å²) >= 11 is 0. The SMILES string of the molecule is CCOC(=O)OCCOC(=O)c1ccc2c(c1)C(N1CCN(C)CC1)c1ccccc1CO2. The van der Waals surface area contributed by atoms with Gasteiger partial charge in [-0.3, -0.25) is 4.90 Å². The number of hydrogen-bond donors (Lipinski definition) is 0. The Labute approximate surface area is 194 Å². The first-order chi connectivity index (χ1) is 16.1. The van der Waals surface area contributed by atoms with Crippen molar-refractivity contribution in [3.05, 3.63) is 64.7 Å². The molecule has 0 bridgehead atoms. The summed E-state index contributed by atoms with van der Waals surface area (Å²) in [4.78, 5) is 28.7. The average molecular weight is 455 g/mol. The van der Waals surface area contributed by atoms with Crippen LogP contribution >= 0.6 is 0 Å². The second-order valence-electron chi connectivity index (χ2n) is 8.15. The zero-order chi connectivity index (χ0) is 23.2. The van der Waals surface area contributed by atoms with E-state index in [2.05, 4.69) is 39.8 Å². The second kappa shape index (κ2) is 10.7. The highest BCUT2D eigenvalue weighted by atomic mass is 16.7. The maximum atomic E-state index is 12.7. The summed E-state index contributed by atoms with van der Waals surface area (Å²) in [7, 11) is 2.13. The minimum Gasteiger partial charge on any atom is -0.489 e. The first-order valence-electron chi connectivity index (χ1n) is 11.3. The number of nitrogens with zero attached hydrogens (tertiary/aromatic N) is 2. The van der Waals surface area contributed by atoms with E-state index in [9.17, 15) is 9.59 Å². The molecule has 2 aromatic carbocycles. The highest BCUT2D eigenvalue weighted by Crippen LogP contribution is 2.40. The van der Waals surface area contributed by atoms with Gasteiger partial charge in [0.2, 0.25) is 0 Å². The van der Waals surface area contributed by atoms with Gasteiger partial charge in [-0.2, -0.15) is 0 Å². The minimum atomic E-state index is -0.774. The van der Waals surface area contributed by atoms with Crippen molar-refractivity contribution in [1.29, 1.82) is 0 Å². The molecule has 33 heavy (non-hydrogen) atoms. The number of ether oxygens (including phenoxy) is 4. The number of benzene rings is 2. The number of fused-ring (bicyclic) bond motifs is 2. The molecule has 0 saturated carbocycles. The molecule has 0 spiro atoms. The van der Waals surface area contributed by atoms with Gasteiger partial charge in [0.05, 0.1) is 18.2 Å². The fourth-order valence-electron chi connectivity index (χ4n) is 4.25. The number of piperazine rings is 1. The van der Waals surface area contributed by atoms with E-state index in [0.29, 0.717) is 12.2 Å². The standard InChI is InChI=1S/C25H30N2O6/c1-3-30-25(29)32-15-14-31-24(28)18-8-9-22-21(16-18)23(27-12-10-26(2)11-13-27)20-7-5-4-6-19(20)17-33-22/h4-9,16,23H,3,10-15,17H2,1-2H3. The summed E-state index contributed by atoms with van der Waals surface area (Å²) in [6.45, 7) is 6.12. The van der Waals surface area contributed by atoms with Crippen LogP contribution < -0.4 is 4.74 Å².